The molecule has 2 heterocycles. The van der Waals surface area contributed by atoms with Crippen LogP contribution in [0.3, 0.4) is 0 Å². The SMILES string of the molecule is O=C(Nc1nnc(-c2ccc(Cl)cc2)s1)C1CCCN1S(=O)(=O)/C=C/c1ccccc1. The van der Waals surface area contributed by atoms with Gasteiger partial charge in [-0.3, -0.25) is 10.1 Å². The van der Waals surface area contributed by atoms with Crippen molar-refractivity contribution in [2.75, 3.05) is 11.9 Å². The van der Waals surface area contributed by atoms with Crippen molar-refractivity contribution in [1.82, 2.24) is 14.5 Å². The number of nitrogens with zero attached hydrogens (tertiary/aromatic N) is 3. The summed E-state index contributed by atoms with van der Waals surface area (Å²) >= 11 is 7.12. The summed E-state index contributed by atoms with van der Waals surface area (Å²) in [6.07, 6.45) is 2.60. The lowest BCUT2D eigenvalue weighted by atomic mass is 10.2. The molecule has 0 spiro atoms. The van der Waals surface area contributed by atoms with E-state index < -0.39 is 22.0 Å². The lowest BCUT2D eigenvalue weighted by Gasteiger charge is -2.21. The first-order chi connectivity index (χ1) is 14.9. The molecule has 1 unspecified atom stereocenters. The van der Waals surface area contributed by atoms with E-state index >= 15 is 0 Å². The number of carbonyl (C=O) groups is 1. The molecule has 1 fully saturated rings. The second-order valence-corrected chi connectivity index (χ2v) is 10.1. The van der Waals surface area contributed by atoms with Crippen molar-refractivity contribution < 1.29 is 13.2 Å². The summed E-state index contributed by atoms with van der Waals surface area (Å²) in [5.41, 5.74) is 1.60. The van der Waals surface area contributed by atoms with Gasteiger partial charge in [0, 0.05) is 22.5 Å². The number of hydrogen-bond donors (Lipinski definition) is 1. The van der Waals surface area contributed by atoms with Gasteiger partial charge in [-0.2, -0.15) is 4.31 Å². The number of hydrogen-bond acceptors (Lipinski definition) is 6. The molecule has 1 N–H and O–H groups in total. The first kappa shape index (κ1) is 21.6. The normalized spacial score (nSPS) is 17.3. The van der Waals surface area contributed by atoms with Crippen molar-refractivity contribution in [2.24, 2.45) is 0 Å². The van der Waals surface area contributed by atoms with E-state index in [0.29, 0.717) is 34.5 Å². The third kappa shape index (κ3) is 5.19. The van der Waals surface area contributed by atoms with Crippen LogP contribution in [0.1, 0.15) is 18.4 Å². The molecule has 1 aromatic heterocycles. The molecule has 4 rings (SSSR count). The first-order valence-electron chi connectivity index (χ1n) is 9.58. The predicted octanol–water partition coefficient (Wildman–Crippen LogP) is 4.26. The zero-order chi connectivity index (χ0) is 21.8. The molecule has 160 valence electrons. The molecule has 1 atom stereocenters. The quantitative estimate of drug-likeness (QED) is 0.576. The maximum absolute atomic E-state index is 12.8. The second-order valence-electron chi connectivity index (χ2n) is 6.94. The Bertz CT molecular complexity index is 1190. The molecule has 2 aromatic carbocycles. The Kier molecular flexibility index (Phi) is 6.47. The second kappa shape index (κ2) is 9.27. The maximum Gasteiger partial charge on any atom is 0.244 e. The number of anilines is 1. The van der Waals surface area contributed by atoms with Gasteiger partial charge >= 0.3 is 0 Å². The Morgan fingerprint density at radius 2 is 1.87 bits per heavy atom. The summed E-state index contributed by atoms with van der Waals surface area (Å²) in [5, 5.41) is 13.5. The van der Waals surface area contributed by atoms with Gasteiger partial charge in [0.15, 0.2) is 0 Å². The molecular formula is C21H19ClN4O3S2. The van der Waals surface area contributed by atoms with Gasteiger partial charge in [0.1, 0.15) is 11.0 Å². The predicted molar refractivity (Wildman–Crippen MR) is 123 cm³/mol. The van der Waals surface area contributed by atoms with Crippen molar-refractivity contribution >= 4 is 50.1 Å². The van der Waals surface area contributed by atoms with Crippen molar-refractivity contribution in [3.05, 3.63) is 70.6 Å². The summed E-state index contributed by atoms with van der Waals surface area (Å²) in [7, 11) is -3.74. The van der Waals surface area contributed by atoms with Gasteiger partial charge in [-0.1, -0.05) is 65.4 Å². The number of rotatable bonds is 6. The van der Waals surface area contributed by atoms with E-state index in [2.05, 4.69) is 15.5 Å². The summed E-state index contributed by atoms with van der Waals surface area (Å²) in [4.78, 5) is 12.8. The first-order valence-corrected chi connectivity index (χ1v) is 12.3. The fourth-order valence-corrected chi connectivity index (χ4v) is 5.59. The third-order valence-electron chi connectivity index (χ3n) is 4.81. The van der Waals surface area contributed by atoms with Crippen LogP contribution in [-0.4, -0.2) is 41.4 Å². The maximum atomic E-state index is 12.8. The minimum Gasteiger partial charge on any atom is -0.299 e. The average molecular weight is 475 g/mol. The standard InChI is InChI=1S/C21H19ClN4O3S2/c22-17-10-8-16(9-11-17)20-24-25-21(30-20)23-19(27)18-7-4-13-26(18)31(28,29)14-12-15-5-2-1-3-6-15/h1-3,5-6,8-12,14,18H,4,7,13H2,(H,23,25,27)/b14-12+. The number of halogens is 1. The molecule has 1 saturated heterocycles. The Morgan fingerprint density at radius 3 is 2.61 bits per heavy atom. The molecular weight excluding hydrogens is 456 g/mol. The molecule has 1 amide bonds. The van der Waals surface area contributed by atoms with Gasteiger partial charge in [0.05, 0.1) is 0 Å². The van der Waals surface area contributed by atoms with Crippen molar-refractivity contribution in [1.29, 1.82) is 0 Å². The summed E-state index contributed by atoms with van der Waals surface area (Å²) in [6.45, 7) is 0.297. The van der Waals surface area contributed by atoms with Crippen LogP contribution in [0.25, 0.3) is 16.6 Å². The van der Waals surface area contributed by atoms with Crippen molar-refractivity contribution in [2.45, 2.75) is 18.9 Å². The topological polar surface area (TPSA) is 92.3 Å². The van der Waals surface area contributed by atoms with E-state index in [9.17, 15) is 13.2 Å². The number of benzene rings is 2. The Morgan fingerprint density at radius 1 is 1.13 bits per heavy atom. The van der Waals surface area contributed by atoms with Crippen LogP contribution < -0.4 is 5.32 Å². The average Bonchev–Trinajstić information content (AvgIpc) is 3.44. The number of aromatic nitrogens is 2. The highest BCUT2D eigenvalue weighted by Gasteiger charge is 2.37. The lowest BCUT2D eigenvalue weighted by Crippen LogP contribution is -2.42. The van der Waals surface area contributed by atoms with Crippen LogP contribution in [0.15, 0.2) is 60.0 Å². The van der Waals surface area contributed by atoms with Crippen LogP contribution in [-0.2, 0) is 14.8 Å². The van der Waals surface area contributed by atoms with Crippen LogP contribution in [0.5, 0.6) is 0 Å². The van der Waals surface area contributed by atoms with Crippen molar-refractivity contribution in [3.63, 3.8) is 0 Å². The van der Waals surface area contributed by atoms with Gasteiger partial charge < -0.3 is 0 Å². The fourth-order valence-electron chi connectivity index (χ4n) is 3.29. The minimum atomic E-state index is -3.74. The third-order valence-corrected chi connectivity index (χ3v) is 7.52. The molecule has 3 aromatic rings. The highest BCUT2D eigenvalue weighted by molar-refractivity contribution is 7.92. The number of sulfonamides is 1. The fraction of sp³-hybridized carbons (Fsp3) is 0.190. The van der Waals surface area contributed by atoms with Crippen molar-refractivity contribution in [3.8, 4) is 10.6 Å². The molecule has 0 radical (unpaired) electrons. The van der Waals surface area contributed by atoms with Crippen LogP contribution >= 0.6 is 22.9 Å². The molecule has 1 aliphatic heterocycles. The number of amides is 1. The van der Waals surface area contributed by atoms with Gasteiger partial charge in [-0.25, -0.2) is 8.42 Å². The van der Waals surface area contributed by atoms with Gasteiger partial charge in [-0.15, -0.1) is 10.2 Å². The Labute approximate surface area is 189 Å². The monoisotopic (exact) mass is 474 g/mol. The largest absolute Gasteiger partial charge is 0.299 e. The highest BCUT2D eigenvalue weighted by Crippen LogP contribution is 2.29. The van der Waals surface area contributed by atoms with E-state index in [1.54, 1.807) is 12.1 Å². The smallest absolute Gasteiger partial charge is 0.244 e. The Hall–Kier alpha value is -2.59. The molecule has 0 bridgehead atoms. The van der Waals surface area contributed by atoms with E-state index in [-0.39, 0.29) is 0 Å². The van der Waals surface area contributed by atoms with E-state index in [0.717, 1.165) is 16.5 Å². The van der Waals surface area contributed by atoms with Gasteiger partial charge in [0.25, 0.3) is 0 Å². The van der Waals surface area contributed by atoms with Crippen LogP contribution in [0.4, 0.5) is 5.13 Å². The summed E-state index contributed by atoms with van der Waals surface area (Å²) in [6, 6.07) is 15.5. The molecule has 10 heteroatoms. The number of carbonyl (C=O) groups excluding carboxylic acids is 1. The minimum absolute atomic E-state index is 0.297. The summed E-state index contributed by atoms with van der Waals surface area (Å²) < 4.78 is 26.9. The molecule has 0 aliphatic carbocycles. The van der Waals surface area contributed by atoms with Crippen LogP contribution in [0, 0.1) is 0 Å². The molecule has 7 nitrogen and oxygen atoms in total. The van der Waals surface area contributed by atoms with Gasteiger partial charge in [-0.05, 0) is 36.6 Å². The molecule has 31 heavy (non-hydrogen) atoms. The zero-order valence-electron chi connectivity index (χ0n) is 16.3. The summed E-state index contributed by atoms with van der Waals surface area (Å²) in [5.74, 6) is -0.409. The van der Waals surface area contributed by atoms with Gasteiger partial charge in [0.2, 0.25) is 21.1 Å². The lowest BCUT2D eigenvalue weighted by molar-refractivity contribution is -0.119. The Balaban J connectivity index is 1.45. The molecule has 1 aliphatic rings. The van der Waals surface area contributed by atoms with E-state index in [1.165, 1.54) is 21.7 Å². The molecule has 0 saturated carbocycles. The van der Waals surface area contributed by atoms with Crippen LogP contribution in [0.2, 0.25) is 5.02 Å². The number of nitrogens with one attached hydrogen (secondary N) is 1. The zero-order valence-corrected chi connectivity index (χ0v) is 18.7. The highest BCUT2D eigenvalue weighted by atomic mass is 35.5. The van der Waals surface area contributed by atoms with E-state index in [4.69, 9.17) is 11.6 Å². The van der Waals surface area contributed by atoms with E-state index in [1.807, 2.05) is 42.5 Å².